The Hall–Kier alpha value is -2.96. The van der Waals surface area contributed by atoms with Crippen LogP contribution < -0.4 is 14.2 Å². The average molecular weight is 513 g/mol. The zero-order chi connectivity index (χ0) is 26.7. The van der Waals surface area contributed by atoms with E-state index in [1.807, 2.05) is 57.2 Å². The summed E-state index contributed by atoms with van der Waals surface area (Å²) < 4.78 is 23.4. The lowest BCUT2D eigenvalue weighted by Crippen LogP contribution is -2.42. The van der Waals surface area contributed by atoms with Gasteiger partial charge in [-0.15, -0.1) is 0 Å². The molecule has 2 aromatic rings. The number of carbonyl (C=O) groups is 1. The molecule has 1 aliphatic rings. The van der Waals surface area contributed by atoms with Crippen LogP contribution in [0.4, 0.5) is 4.79 Å². The Labute approximate surface area is 222 Å². The van der Waals surface area contributed by atoms with Gasteiger partial charge in [0.15, 0.2) is 0 Å². The monoisotopic (exact) mass is 512 g/mol. The van der Waals surface area contributed by atoms with Crippen molar-refractivity contribution in [1.29, 1.82) is 0 Å². The summed E-state index contributed by atoms with van der Waals surface area (Å²) in [5, 5.41) is 0. The summed E-state index contributed by atoms with van der Waals surface area (Å²) in [4.78, 5) is 18.7. The fourth-order valence-corrected chi connectivity index (χ4v) is 4.02. The smallest absolute Gasteiger partial charge is 0.410 e. The summed E-state index contributed by atoms with van der Waals surface area (Å²) in [6, 6.07) is 12.0. The third-order valence-corrected chi connectivity index (χ3v) is 6.24. The molecule has 0 bridgehead atoms. The van der Waals surface area contributed by atoms with Gasteiger partial charge in [0.05, 0.1) is 19.8 Å². The number of piperidine rings is 1. The average Bonchev–Trinajstić information content (AvgIpc) is 2.88. The number of hydrogen-bond donors (Lipinski definition) is 0. The largest absolute Gasteiger partial charge is 0.493 e. The van der Waals surface area contributed by atoms with E-state index in [-0.39, 0.29) is 6.09 Å². The Balaban J connectivity index is 1.55. The molecule has 37 heavy (non-hydrogen) atoms. The zero-order valence-corrected chi connectivity index (χ0v) is 23.3. The van der Waals surface area contributed by atoms with Crippen molar-refractivity contribution in [3.8, 4) is 28.6 Å². The maximum absolute atomic E-state index is 12.3. The first-order valence-corrected chi connectivity index (χ1v) is 13.8. The molecule has 0 N–H and O–H groups in total. The molecule has 1 aliphatic heterocycles. The lowest BCUT2D eigenvalue weighted by molar-refractivity contribution is 0.0165. The fraction of sp³-hybridized carbons (Fsp3) is 0.600. The van der Waals surface area contributed by atoms with Crippen LogP contribution in [0.2, 0.25) is 0 Å². The van der Waals surface area contributed by atoms with Crippen molar-refractivity contribution in [3.63, 3.8) is 0 Å². The molecular formula is C30H44N2O5. The van der Waals surface area contributed by atoms with Gasteiger partial charge in [-0.3, -0.25) is 0 Å². The van der Waals surface area contributed by atoms with Crippen LogP contribution in [0.5, 0.6) is 17.5 Å². The Morgan fingerprint density at radius 1 is 0.919 bits per heavy atom. The van der Waals surface area contributed by atoms with Gasteiger partial charge in [0, 0.05) is 24.7 Å². The van der Waals surface area contributed by atoms with Crippen molar-refractivity contribution in [3.05, 3.63) is 36.4 Å². The molecule has 204 valence electrons. The van der Waals surface area contributed by atoms with Crippen molar-refractivity contribution in [2.24, 2.45) is 5.92 Å². The number of hydrogen-bond acceptors (Lipinski definition) is 6. The molecule has 1 saturated heterocycles. The summed E-state index contributed by atoms with van der Waals surface area (Å²) in [6.07, 6.45) is 5.72. The van der Waals surface area contributed by atoms with Gasteiger partial charge in [0.25, 0.3) is 0 Å². The number of rotatable bonds is 12. The highest BCUT2D eigenvalue weighted by Crippen LogP contribution is 2.32. The molecule has 1 fully saturated rings. The molecular weight excluding hydrogens is 468 g/mol. The van der Waals surface area contributed by atoms with Gasteiger partial charge in [0.2, 0.25) is 11.8 Å². The van der Waals surface area contributed by atoms with E-state index < -0.39 is 5.60 Å². The molecule has 0 spiro atoms. The molecule has 0 radical (unpaired) electrons. The molecule has 1 amide bonds. The number of benzene rings is 1. The zero-order valence-electron chi connectivity index (χ0n) is 23.3. The highest BCUT2D eigenvalue weighted by atomic mass is 16.6. The minimum Gasteiger partial charge on any atom is -0.493 e. The third kappa shape index (κ3) is 9.45. The fourth-order valence-electron chi connectivity index (χ4n) is 4.02. The number of likely N-dealkylation sites (tertiary alicyclic amines) is 1. The number of unbranched alkanes of at least 4 members (excludes halogenated alkanes) is 2. The van der Waals surface area contributed by atoms with Crippen LogP contribution in [0, 0.1) is 5.92 Å². The number of ether oxygens (including phenoxy) is 4. The van der Waals surface area contributed by atoms with Crippen molar-refractivity contribution in [1.82, 2.24) is 9.88 Å². The maximum atomic E-state index is 12.3. The quantitative estimate of drug-likeness (QED) is 0.282. The summed E-state index contributed by atoms with van der Waals surface area (Å²) in [7, 11) is 0. The summed E-state index contributed by atoms with van der Waals surface area (Å²) in [5.41, 5.74) is 1.50. The van der Waals surface area contributed by atoms with E-state index in [1.54, 1.807) is 4.90 Å². The lowest BCUT2D eigenvalue weighted by atomic mass is 9.98. The molecule has 7 heteroatoms. The molecule has 7 nitrogen and oxygen atoms in total. The Morgan fingerprint density at radius 3 is 2.19 bits per heavy atom. The highest BCUT2D eigenvalue weighted by Gasteiger charge is 2.27. The third-order valence-electron chi connectivity index (χ3n) is 6.24. The molecule has 3 rings (SSSR count). The van der Waals surface area contributed by atoms with Crippen molar-refractivity contribution < 1.29 is 23.7 Å². The molecule has 1 aromatic heterocycles. The van der Waals surface area contributed by atoms with Gasteiger partial charge in [-0.25, -0.2) is 4.79 Å². The van der Waals surface area contributed by atoms with Crippen LogP contribution in [0.25, 0.3) is 11.1 Å². The van der Waals surface area contributed by atoms with Crippen LogP contribution in [0.15, 0.2) is 36.4 Å². The van der Waals surface area contributed by atoms with Crippen molar-refractivity contribution >= 4 is 6.09 Å². The number of aromatic nitrogens is 1. The second-order valence-electron chi connectivity index (χ2n) is 10.7. The van der Waals surface area contributed by atoms with Crippen molar-refractivity contribution in [2.75, 3.05) is 32.9 Å². The van der Waals surface area contributed by atoms with E-state index in [1.165, 1.54) is 0 Å². The van der Waals surface area contributed by atoms with E-state index in [0.29, 0.717) is 50.6 Å². The molecule has 0 atom stereocenters. The molecule has 0 unspecified atom stereocenters. The number of nitrogens with zero attached hydrogens (tertiary/aromatic N) is 2. The van der Waals surface area contributed by atoms with Gasteiger partial charge in [-0.1, -0.05) is 38.8 Å². The lowest BCUT2D eigenvalue weighted by Gasteiger charge is -2.33. The molecule has 0 saturated carbocycles. The Kier molecular flexibility index (Phi) is 10.9. The van der Waals surface area contributed by atoms with Crippen LogP contribution in [0.1, 0.15) is 73.1 Å². The normalized spacial score (nSPS) is 14.4. The Bertz CT molecular complexity index is 963. The summed E-state index contributed by atoms with van der Waals surface area (Å²) >= 11 is 0. The van der Waals surface area contributed by atoms with E-state index in [9.17, 15) is 4.79 Å². The van der Waals surface area contributed by atoms with Crippen molar-refractivity contribution in [2.45, 2.75) is 78.7 Å². The molecule has 2 heterocycles. The van der Waals surface area contributed by atoms with Crippen LogP contribution in [0.3, 0.4) is 0 Å². The molecule has 1 aromatic carbocycles. The maximum Gasteiger partial charge on any atom is 0.410 e. The van der Waals surface area contributed by atoms with Gasteiger partial charge in [0.1, 0.15) is 11.4 Å². The Morgan fingerprint density at radius 2 is 1.57 bits per heavy atom. The van der Waals surface area contributed by atoms with Gasteiger partial charge in [-0.05, 0) is 76.1 Å². The highest BCUT2D eigenvalue weighted by molar-refractivity contribution is 5.69. The first-order chi connectivity index (χ1) is 17.8. The first-order valence-electron chi connectivity index (χ1n) is 13.8. The molecule has 0 aliphatic carbocycles. The SMILES string of the molecule is CCCCOc1ccc(-c2ccc(OCC3CCN(C(=O)OC(C)(C)C)CC3)cc2)c(OCCCC)n1. The topological polar surface area (TPSA) is 70.1 Å². The van der Waals surface area contributed by atoms with Gasteiger partial charge in [-0.2, -0.15) is 4.98 Å². The van der Waals surface area contributed by atoms with Crippen LogP contribution in [-0.4, -0.2) is 54.5 Å². The van der Waals surface area contributed by atoms with Gasteiger partial charge >= 0.3 is 6.09 Å². The second-order valence-corrected chi connectivity index (χ2v) is 10.7. The van der Waals surface area contributed by atoms with Gasteiger partial charge < -0.3 is 23.8 Å². The standard InChI is InChI=1S/C30H44N2O5/c1-6-8-20-34-27-15-14-26(28(31-27)35-21-9-7-2)24-10-12-25(13-11-24)36-22-23-16-18-32(19-17-23)29(33)37-30(3,4)5/h10-15,23H,6-9,16-22H2,1-5H3. The predicted molar refractivity (Wildman–Crippen MR) is 147 cm³/mol. The van der Waals surface area contributed by atoms with Crippen LogP contribution in [-0.2, 0) is 4.74 Å². The second kappa shape index (κ2) is 14.1. The predicted octanol–water partition coefficient (Wildman–Crippen LogP) is 7.13. The summed E-state index contributed by atoms with van der Waals surface area (Å²) in [6.45, 7) is 13.3. The van der Waals surface area contributed by atoms with E-state index in [0.717, 1.165) is 55.4 Å². The number of amides is 1. The minimum absolute atomic E-state index is 0.226. The van der Waals surface area contributed by atoms with E-state index in [4.69, 9.17) is 18.9 Å². The van der Waals surface area contributed by atoms with Crippen LogP contribution >= 0.6 is 0 Å². The number of carbonyl (C=O) groups excluding carboxylic acids is 1. The number of pyridine rings is 1. The summed E-state index contributed by atoms with van der Waals surface area (Å²) in [5.74, 6) is 2.45. The van der Waals surface area contributed by atoms with E-state index in [2.05, 4.69) is 18.8 Å². The minimum atomic E-state index is -0.466. The first kappa shape index (κ1) is 28.6. The van der Waals surface area contributed by atoms with E-state index >= 15 is 0 Å².